The quantitative estimate of drug-likeness (QED) is 0.397. The molecule has 0 spiro atoms. The molecule has 33 heavy (non-hydrogen) atoms. The smallest absolute Gasteiger partial charge is 0.288 e. The molecule has 0 bridgehead atoms. The molecule has 2 aromatic carbocycles. The van der Waals surface area contributed by atoms with Crippen LogP contribution < -0.4 is 14.8 Å². The molecule has 0 saturated carbocycles. The second kappa shape index (κ2) is 11.2. The molecule has 11 heteroatoms. The van der Waals surface area contributed by atoms with Crippen molar-refractivity contribution in [3.63, 3.8) is 0 Å². The maximum Gasteiger partial charge on any atom is 0.288 e. The number of amides is 1. The van der Waals surface area contributed by atoms with Crippen LogP contribution in [0.4, 0.5) is 8.78 Å². The number of fused-ring (bicyclic) bond motifs is 1. The standard InChI is InChI=1S/C22H26F2N2O5S2/c1-30-18-12-15-8-10-26(14-16(15)13-19(18)31-2)33(28,29)11-5-9-25-21(27)17-6-3-4-7-20(17)32-22(23)24/h3-4,6-7,12-13,22H,5,8-11,14H2,1-2H3,(H,25,27). The minimum atomic E-state index is -3.54. The van der Waals surface area contributed by atoms with Crippen LogP contribution in [0.25, 0.3) is 0 Å². The minimum Gasteiger partial charge on any atom is -0.493 e. The van der Waals surface area contributed by atoms with Gasteiger partial charge in [-0.3, -0.25) is 4.79 Å². The van der Waals surface area contributed by atoms with Crippen LogP contribution in [0.5, 0.6) is 11.5 Å². The molecule has 1 aliphatic rings. The molecule has 0 radical (unpaired) electrons. The lowest BCUT2D eigenvalue weighted by atomic mass is 10.0. The molecule has 180 valence electrons. The number of nitrogens with zero attached hydrogens (tertiary/aromatic N) is 1. The van der Waals surface area contributed by atoms with Crippen LogP contribution in [0, 0.1) is 0 Å². The second-order valence-electron chi connectivity index (χ2n) is 7.36. The van der Waals surface area contributed by atoms with E-state index in [1.165, 1.54) is 23.5 Å². The number of nitrogens with one attached hydrogen (secondary N) is 1. The van der Waals surface area contributed by atoms with Gasteiger partial charge in [-0.25, -0.2) is 8.42 Å². The van der Waals surface area contributed by atoms with Gasteiger partial charge in [0, 0.05) is 24.5 Å². The molecule has 3 rings (SSSR count). The van der Waals surface area contributed by atoms with E-state index >= 15 is 0 Å². The van der Waals surface area contributed by atoms with Crippen molar-refractivity contribution in [2.45, 2.75) is 30.0 Å². The lowest BCUT2D eigenvalue weighted by Crippen LogP contribution is -2.38. The molecule has 0 unspecified atom stereocenters. The zero-order valence-corrected chi connectivity index (χ0v) is 20.0. The first kappa shape index (κ1) is 25.3. The number of carbonyl (C=O) groups excluding carboxylic acids is 1. The van der Waals surface area contributed by atoms with Crippen LogP contribution in [0.2, 0.25) is 0 Å². The van der Waals surface area contributed by atoms with Gasteiger partial charge in [-0.2, -0.15) is 13.1 Å². The Hall–Kier alpha value is -2.37. The summed E-state index contributed by atoms with van der Waals surface area (Å²) in [5, 5.41) is 2.62. The van der Waals surface area contributed by atoms with Crippen molar-refractivity contribution in [1.29, 1.82) is 0 Å². The zero-order chi connectivity index (χ0) is 24.0. The number of hydrogen-bond donors (Lipinski definition) is 1. The third-order valence-electron chi connectivity index (χ3n) is 5.29. The highest BCUT2D eigenvalue weighted by Gasteiger charge is 2.27. The minimum absolute atomic E-state index is 0.112. The number of methoxy groups -OCH3 is 2. The van der Waals surface area contributed by atoms with Crippen molar-refractivity contribution in [2.24, 2.45) is 0 Å². The summed E-state index contributed by atoms with van der Waals surface area (Å²) in [5.74, 6) is -2.13. The summed E-state index contributed by atoms with van der Waals surface area (Å²) in [6, 6.07) is 9.76. The van der Waals surface area contributed by atoms with Crippen molar-refractivity contribution in [3.8, 4) is 11.5 Å². The summed E-state index contributed by atoms with van der Waals surface area (Å²) >= 11 is 0.301. The van der Waals surface area contributed by atoms with E-state index in [1.807, 2.05) is 6.07 Å². The first-order valence-electron chi connectivity index (χ1n) is 10.3. The molecule has 0 aliphatic carbocycles. The molecule has 1 amide bonds. The summed E-state index contributed by atoms with van der Waals surface area (Å²) in [5.41, 5.74) is 2.03. The van der Waals surface area contributed by atoms with Crippen LogP contribution in [-0.2, 0) is 23.0 Å². The Labute approximate surface area is 196 Å². The van der Waals surface area contributed by atoms with Crippen molar-refractivity contribution >= 4 is 27.7 Å². The topological polar surface area (TPSA) is 84.9 Å². The maximum absolute atomic E-state index is 12.8. The predicted molar refractivity (Wildman–Crippen MR) is 123 cm³/mol. The molecule has 7 nitrogen and oxygen atoms in total. The van der Waals surface area contributed by atoms with Crippen molar-refractivity contribution < 1.29 is 31.5 Å². The number of hydrogen-bond acceptors (Lipinski definition) is 6. The Morgan fingerprint density at radius 2 is 1.82 bits per heavy atom. The second-order valence-corrected chi connectivity index (χ2v) is 10.5. The number of alkyl halides is 2. The van der Waals surface area contributed by atoms with Crippen LogP contribution in [0.3, 0.4) is 0 Å². The van der Waals surface area contributed by atoms with Gasteiger partial charge in [-0.05, 0) is 48.2 Å². The van der Waals surface area contributed by atoms with E-state index in [1.54, 1.807) is 25.3 Å². The first-order chi connectivity index (χ1) is 15.7. The van der Waals surface area contributed by atoms with E-state index in [4.69, 9.17) is 9.47 Å². The van der Waals surface area contributed by atoms with Gasteiger partial charge >= 0.3 is 0 Å². The van der Waals surface area contributed by atoms with E-state index < -0.39 is 21.7 Å². The monoisotopic (exact) mass is 500 g/mol. The highest BCUT2D eigenvalue weighted by molar-refractivity contribution is 7.99. The molecule has 0 atom stereocenters. The van der Waals surface area contributed by atoms with Gasteiger partial charge in [0.2, 0.25) is 10.0 Å². The fraction of sp³-hybridized carbons (Fsp3) is 0.409. The number of rotatable bonds is 10. The van der Waals surface area contributed by atoms with Gasteiger partial charge in [-0.15, -0.1) is 0 Å². The number of ether oxygens (including phenoxy) is 2. The van der Waals surface area contributed by atoms with E-state index in [9.17, 15) is 22.0 Å². The van der Waals surface area contributed by atoms with E-state index in [-0.39, 0.29) is 35.7 Å². The van der Waals surface area contributed by atoms with E-state index in [2.05, 4.69) is 5.32 Å². The Morgan fingerprint density at radius 3 is 2.48 bits per heavy atom. The normalized spacial score (nSPS) is 14.1. The fourth-order valence-electron chi connectivity index (χ4n) is 3.63. The third-order valence-corrected chi connectivity index (χ3v) is 7.98. The maximum atomic E-state index is 12.8. The SMILES string of the molecule is COc1cc2c(cc1OC)CN(S(=O)(=O)CCCNC(=O)c1ccccc1SC(F)F)CC2. The molecule has 2 aromatic rings. The van der Waals surface area contributed by atoms with E-state index in [0.717, 1.165) is 11.1 Å². The molecule has 1 aliphatic heterocycles. The first-order valence-corrected chi connectivity index (χ1v) is 12.8. The van der Waals surface area contributed by atoms with Crippen LogP contribution in [0.1, 0.15) is 27.9 Å². The van der Waals surface area contributed by atoms with Crippen LogP contribution in [-0.4, -0.2) is 57.4 Å². The molecule has 0 aromatic heterocycles. The lowest BCUT2D eigenvalue weighted by molar-refractivity contribution is 0.0950. The number of thioether (sulfide) groups is 1. The Bertz CT molecular complexity index is 1100. The van der Waals surface area contributed by atoms with Crippen molar-refractivity contribution in [1.82, 2.24) is 9.62 Å². The molecule has 0 saturated heterocycles. The number of benzene rings is 2. The van der Waals surface area contributed by atoms with Crippen LogP contribution >= 0.6 is 11.8 Å². The summed E-state index contributed by atoms with van der Waals surface area (Å²) in [6.45, 7) is 0.708. The summed E-state index contributed by atoms with van der Waals surface area (Å²) < 4.78 is 63.1. The van der Waals surface area contributed by atoms with Gasteiger partial charge in [-0.1, -0.05) is 23.9 Å². The summed E-state index contributed by atoms with van der Waals surface area (Å²) in [6.07, 6.45) is 0.762. The molecule has 1 heterocycles. The Balaban J connectivity index is 1.56. The van der Waals surface area contributed by atoms with Gasteiger partial charge in [0.15, 0.2) is 11.5 Å². The average Bonchev–Trinajstić information content (AvgIpc) is 2.80. The highest BCUT2D eigenvalue weighted by Crippen LogP contribution is 2.34. The number of sulfonamides is 1. The van der Waals surface area contributed by atoms with Crippen LogP contribution in [0.15, 0.2) is 41.3 Å². The molecular weight excluding hydrogens is 474 g/mol. The molecule has 1 N–H and O–H groups in total. The van der Waals surface area contributed by atoms with Gasteiger partial charge in [0.05, 0.1) is 25.5 Å². The lowest BCUT2D eigenvalue weighted by Gasteiger charge is -2.29. The number of carbonyl (C=O) groups is 1. The third kappa shape index (κ3) is 6.36. The summed E-state index contributed by atoms with van der Waals surface area (Å²) in [4.78, 5) is 12.5. The highest BCUT2D eigenvalue weighted by atomic mass is 32.2. The molecular formula is C22H26F2N2O5S2. The average molecular weight is 501 g/mol. The largest absolute Gasteiger partial charge is 0.493 e. The van der Waals surface area contributed by atoms with Gasteiger partial charge in [0.1, 0.15) is 0 Å². The van der Waals surface area contributed by atoms with Gasteiger partial charge in [0.25, 0.3) is 11.7 Å². The fourth-order valence-corrected chi connectivity index (χ4v) is 5.74. The number of halogens is 2. The predicted octanol–water partition coefficient (Wildman–Crippen LogP) is 3.53. The molecule has 0 fully saturated rings. The van der Waals surface area contributed by atoms with Crippen molar-refractivity contribution in [2.75, 3.05) is 33.1 Å². The zero-order valence-electron chi connectivity index (χ0n) is 18.3. The van der Waals surface area contributed by atoms with Crippen molar-refractivity contribution in [3.05, 3.63) is 53.1 Å². The van der Waals surface area contributed by atoms with E-state index in [0.29, 0.717) is 36.2 Å². The van der Waals surface area contributed by atoms with Gasteiger partial charge < -0.3 is 14.8 Å². The summed E-state index contributed by atoms with van der Waals surface area (Å²) in [7, 11) is -0.459. The Kier molecular flexibility index (Phi) is 8.55. The Morgan fingerprint density at radius 1 is 1.15 bits per heavy atom.